The first kappa shape index (κ1) is 12.5. The Labute approximate surface area is 101 Å². The van der Waals surface area contributed by atoms with Crippen LogP contribution in [0, 0.1) is 5.41 Å². The molecule has 2 N–H and O–H groups in total. The van der Waals surface area contributed by atoms with Gasteiger partial charge in [-0.25, -0.2) is 13.1 Å². The second-order valence-electron chi connectivity index (χ2n) is 4.65. The molecule has 1 fully saturated rings. The molecule has 6 nitrogen and oxygen atoms in total. The maximum Gasteiger partial charge on any atom is 0.243 e. The summed E-state index contributed by atoms with van der Waals surface area (Å²) in [7, 11) is -1.79. The van der Waals surface area contributed by atoms with Gasteiger partial charge < -0.3 is 5.11 Å². The summed E-state index contributed by atoms with van der Waals surface area (Å²) in [5.74, 6) is 0. The monoisotopic (exact) mass is 259 g/mol. The van der Waals surface area contributed by atoms with Crippen molar-refractivity contribution < 1.29 is 13.5 Å². The molecule has 1 aliphatic rings. The predicted octanol–water partition coefficient (Wildman–Crippen LogP) is -0.139. The van der Waals surface area contributed by atoms with Crippen molar-refractivity contribution in [1.82, 2.24) is 14.5 Å². The second-order valence-corrected chi connectivity index (χ2v) is 6.41. The molecule has 0 saturated heterocycles. The molecule has 0 radical (unpaired) electrons. The number of nitrogens with zero attached hydrogens (tertiary/aromatic N) is 2. The van der Waals surface area contributed by atoms with Gasteiger partial charge in [0, 0.05) is 26.4 Å². The maximum atomic E-state index is 11.9. The molecule has 0 bridgehead atoms. The minimum atomic E-state index is -3.47. The topological polar surface area (TPSA) is 84.2 Å². The summed E-state index contributed by atoms with van der Waals surface area (Å²) < 4.78 is 27.8. The van der Waals surface area contributed by atoms with Crippen LogP contribution in [0.3, 0.4) is 0 Å². The van der Waals surface area contributed by atoms with Gasteiger partial charge in [-0.1, -0.05) is 0 Å². The summed E-state index contributed by atoms with van der Waals surface area (Å²) in [4.78, 5) is 0.180. The average molecular weight is 259 g/mol. The van der Waals surface area contributed by atoms with Crippen molar-refractivity contribution in [2.45, 2.75) is 24.2 Å². The van der Waals surface area contributed by atoms with Gasteiger partial charge in [-0.3, -0.25) is 4.68 Å². The highest BCUT2D eigenvalue weighted by molar-refractivity contribution is 7.89. The molecule has 0 spiro atoms. The van der Waals surface area contributed by atoms with E-state index in [-0.39, 0.29) is 16.9 Å². The third-order valence-electron chi connectivity index (χ3n) is 3.23. The lowest BCUT2D eigenvalue weighted by molar-refractivity contribution is 0.249. The van der Waals surface area contributed by atoms with E-state index in [1.807, 2.05) is 0 Å². The standard InChI is InChI=1S/C10H17N3O3S/c1-13-7-9(6-11-13)17(15,16)12-8-10(2-3-10)4-5-14/h6-7,12,14H,2-5,8H2,1H3. The molecule has 0 amide bonds. The van der Waals surface area contributed by atoms with Crippen LogP contribution in [0.15, 0.2) is 17.3 Å². The predicted molar refractivity (Wildman–Crippen MR) is 61.8 cm³/mol. The SMILES string of the molecule is Cn1cc(S(=O)(=O)NCC2(CCO)CC2)cn1. The molecule has 1 aromatic rings. The maximum absolute atomic E-state index is 11.9. The van der Waals surface area contributed by atoms with E-state index >= 15 is 0 Å². The molecule has 2 rings (SSSR count). The summed E-state index contributed by atoms with van der Waals surface area (Å²) in [6.07, 6.45) is 5.40. The smallest absolute Gasteiger partial charge is 0.243 e. The van der Waals surface area contributed by atoms with E-state index in [9.17, 15) is 8.42 Å². The third kappa shape index (κ3) is 2.85. The molecule has 0 aliphatic heterocycles. The van der Waals surface area contributed by atoms with Crippen LogP contribution in [-0.4, -0.2) is 36.5 Å². The van der Waals surface area contributed by atoms with Crippen LogP contribution in [0.5, 0.6) is 0 Å². The molecule has 1 saturated carbocycles. The molecule has 7 heteroatoms. The number of aliphatic hydroxyl groups is 1. The van der Waals surface area contributed by atoms with Crippen molar-refractivity contribution in [3.8, 4) is 0 Å². The van der Waals surface area contributed by atoms with E-state index in [2.05, 4.69) is 9.82 Å². The first-order valence-corrected chi connectivity index (χ1v) is 7.05. The fourth-order valence-electron chi connectivity index (χ4n) is 1.80. The molecule has 1 aromatic heterocycles. The fraction of sp³-hybridized carbons (Fsp3) is 0.700. The second kappa shape index (κ2) is 4.40. The number of aliphatic hydroxyl groups excluding tert-OH is 1. The van der Waals surface area contributed by atoms with Gasteiger partial charge in [-0.2, -0.15) is 5.10 Å². The van der Waals surface area contributed by atoms with Crippen LogP contribution in [0.1, 0.15) is 19.3 Å². The minimum absolute atomic E-state index is 0.0238. The zero-order chi connectivity index (χ0) is 12.5. The Morgan fingerprint density at radius 1 is 1.59 bits per heavy atom. The third-order valence-corrected chi connectivity index (χ3v) is 4.58. The van der Waals surface area contributed by atoms with Gasteiger partial charge in [0.15, 0.2) is 0 Å². The fourth-order valence-corrected chi connectivity index (χ4v) is 2.94. The number of sulfonamides is 1. The number of hydrogen-bond donors (Lipinski definition) is 2. The Hall–Kier alpha value is -0.920. The van der Waals surface area contributed by atoms with Gasteiger partial charge in [0.2, 0.25) is 10.0 Å². The summed E-state index contributed by atoms with van der Waals surface area (Å²) in [6.45, 7) is 0.499. The number of aromatic nitrogens is 2. The highest BCUT2D eigenvalue weighted by Crippen LogP contribution is 2.48. The molecule has 1 heterocycles. The largest absolute Gasteiger partial charge is 0.396 e. The Bertz CT molecular complexity index is 491. The highest BCUT2D eigenvalue weighted by Gasteiger charge is 2.42. The van der Waals surface area contributed by atoms with Crippen molar-refractivity contribution in [2.75, 3.05) is 13.2 Å². The zero-order valence-electron chi connectivity index (χ0n) is 9.76. The van der Waals surface area contributed by atoms with E-state index in [0.29, 0.717) is 13.0 Å². The van der Waals surface area contributed by atoms with Gasteiger partial charge in [0.05, 0.1) is 6.20 Å². The van der Waals surface area contributed by atoms with Crippen LogP contribution in [0.25, 0.3) is 0 Å². The quantitative estimate of drug-likeness (QED) is 0.745. The summed E-state index contributed by atoms with van der Waals surface area (Å²) in [6, 6.07) is 0. The average Bonchev–Trinajstić information content (AvgIpc) is 2.89. The number of rotatable bonds is 6. The summed E-state index contributed by atoms with van der Waals surface area (Å²) in [5, 5.41) is 12.7. The Morgan fingerprint density at radius 2 is 2.29 bits per heavy atom. The van der Waals surface area contributed by atoms with Crippen molar-refractivity contribution >= 4 is 10.0 Å². The van der Waals surface area contributed by atoms with Crippen molar-refractivity contribution in [1.29, 1.82) is 0 Å². The minimum Gasteiger partial charge on any atom is -0.396 e. The van der Waals surface area contributed by atoms with E-state index in [1.165, 1.54) is 17.1 Å². The lowest BCUT2D eigenvalue weighted by Crippen LogP contribution is -2.30. The van der Waals surface area contributed by atoms with E-state index in [4.69, 9.17) is 5.11 Å². The van der Waals surface area contributed by atoms with Crippen molar-refractivity contribution in [3.05, 3.63) is 12.4 Å². The molecule has 0 aromatic carbocycles. The molecule has 1 aliphatic carbocycles. The molecular formula is C10H17N3O3S. The van der Waals surface area contributed by atoms with Crippen LogP contribution in [-0.2, 0) is 17.1 Å². The van der Waals surface area contributed by atoms with E-state index in [0.717, 1.165) is 12.8 Å². The Balaban J connectivity index is 1.99. The number of nitrogens with one attached hydrogen (secondary N) is 1. The van der Waals surface area contributed by atoms with Gasteiger partial charge >= 0.3 is 0 Å². The summed E-state index contributed by atoms with van der Waals surface area (Å²) in [5.41, 5.74) is -0.0238. The van der Waals surface area contributed by atoms with Gasteiger partial charge in [-0.05, 0) is 24.7 Å². The van der Waals surface area contributed by atoms with Crippen LogP contribution in [0.4, 0.5) is 0 Å². The van der Waals surface area contributed by atoms with Gasteiger partial charge in [-0.15, -0.1) is 0 Å². The van der Waals surface area contributed by atoms with E-state index in [1.54, 1.807) is 7.05 Å². The van der Waals surface area contributed by atoms with Gasteiger partial charge in [0.25, 0.3) is 0 Å². The van der Waals surface area contributed by atoms with Gasteiger partial charge in [0.1, 0.15) is 4.90 Å². The summed E-state index contributed by atoms with van der Waals surface area (Å²) >= 11 is 0. The zero-order valence-corrected chi connectivity index (χ0v) is 10.6. The van der Waals surface area contributed by atoms with Crippen molar-refractivity contribution in [2.24, 2.45) is 12.5 Å². The molecular weight excluding hydrogens is 242 g/mol. The lowest BCUT2D eigenvalue weighted by Gasteiger charge is -2.13. The van der Waals surface area contributed by atoms with E-state index < -0.39 is 10.0 Å². The first-order chi connectivity index (χ1) is 7.97. The highest BCUT2D eigenvalue weighted by atomic mass is 32.2. The first-order valence-electron chi connectivity index (χ1n) is 5.57. The Morgan fingerprint density at radius 3 is 2.76 bits per heavy atom. The number of aryl methyl sites for hydroxylation is 1. The van der Waals surface area contributed by atoms with Crippen LogP contribution < -0.4 is 4.72 Å². The van der Waals surface area contributed by atoms with Crippen LogP contribution >= 0.6 is 0 Å². The molecule has 0 atom stereocenters. The normalized spacial score (nSPS) is 18.2. The molecule has 96 valence electrons. The van der Waals surface area contributed by atoms with Crippen LogP contribution in [0.2, 0.25) is 0 Å². The molecule has 0 unspecified atom stereocenters. The Kier molecular flexibility index (Phi) is 3.24. The van der Waals surface area contributed by atoms with Crippen molar-refractivity contribution in [3.63, 3.8) is 0 Å². The number of hydrogen-bond acceptors (Lipinski definition) is 4. The lowest BCUT2D eigenvalue weighted by atomic mass is 10.0. The molecule has 17 heavy (non-hydrogen) atoms.